The van der Waals surface area contributed by atoms with Gasteiger partial charge in [0.2, 0.25) is 23.7 Å². The van der Waals surface area contributed by atoms with Gasteiger partial charge in [-0.2, -0.15) is 4.39 Å². The molecule has 3 N–H and O–H groups in total. The Hall–Kier alpha value is -4.02. The number of rotatable bonds is 9. The highest BCUT2D eigenvalue weighted by Gasteiger charge is 2.46. The van der Waals surface area contributed by atoms with Crippen LogP contribution in [0.3, 0.4) is 0 Å². The molecule has 0 radical (unpaired) electrons. The fraction of sp³-hybridized carbons (Fsp3) is 0.375. The van der Waals surface area contributed by atoms with Crippen LogP contribution in [0, 0.1) is 23.7 Å². The molecule has 1 aliphatic rings. The van der Waals surface area contributed by atoms with Gasteiger partial charge in [-0.25, -0.2) is 4.98 Å². The van der Waals surface area contributed by atoms with Crippen LogP contribution in [0.2, 0.25) is 0 Å². The number of carbonyl (C=O) groups is 5. The molecule has 11 heteroatoms. The average molecular weight is 484 g/mol. The monoisotopic (exact) mass is 483 g/mol. The predicted octanol–water partition coefficient (Wildman–Crippen LogP) is 1.10. The van der Waals surface area contributed by atoms with Gasteiger partial charge >= 0.3 is 0 Å². The SMILES string of the molecule is CC(C)[C@H](NC(=O)CC(NC(=O)c1cccc(F)n1)c1cccnc1)C(=O)[C@@H]1C(=O)NC(=O)[C@H]1C. The summed E-state index contributed by atoms with van der Waals surface area (Å²) in [5.41, 5.74) is 0.342. The number of nitrogens with one attached hydrogen (secondary N) is 3. The molecule has 35 heavy (non-hydrogen) atoms. The first-order valence-electron chi connectivity index (χ1n) is 11.1. The maximum atomic E-state index is 13.5. The summed E-state index contributed by atoms with van der Waals surface area (Å²) < 4.78 is 13.5. The number of aromatic nitrogens is 2. The number of halogens is 1. The zero-order valence-electron chi connectivity index (χ0n) is 19.4. The quantitative estimate of drug-likeness (QED) is 0.275. The third-order valence-electron chi connectivity index (χ3n) is 5.77. The summed E-state index contributed by atoms with van der Waals surface area (Å²) in [6.45, 7) is 4.90. The van der Waals surface area contributed by atoms with Gasteiger partial charge in [0.15, 0.2) is 5.78 Å². The molecule has 3 rings (SSSR count). The van der Waals surface area contributed by atoms with Crippen LogP contribution >= 0.6 is 0 Å². The fourth-order valence-electron chi connectivity index (χ4n) is 3.85. The molecule has 2 aromatic heterocycles. The van der Waals surface area contributed by atoms with Crippen LogP contribution in [-0.4, -0.2) is 45.4 Å². The summed E-state index contributed by atoms with van der Waals surface area (Å²) in [5.74, 6) is -6.27. The predicted molar refractivity (Wildman–Crippen MR) is 121 cm³/mol. The average Bonchev–Trinajstić information content (AvgIpc) is 3.07. The van der Waals surface area contributed by atoms with E-state index in [9.17, 15) is 28.4 Å². The number of pyridine rings is 2. The van der Waals surface area contributed by atoms with Crippen molar-refractivity contribution in [3.05, 3.63) is 59.9 Å². The lowest BCUT2D eigenvalue weighted by molar-refractivity contribution is -0.137. The summed E-state index contributed by atoms with van der Waals surface area (Å²) in [5, 5.41) is 7.44. The molecule has 0 bridgehead atoms. The smallest absolute Gasteiger partial charge is 0.270 e. The van der Waals surface area contributed by atoms with Gasteiger partial charge in [0, 0.05) is 12.4 Å². The Morgan fingerprint density at radius 2 is 1.83 bits per heavy atom. The Balaban J connectivity index is 1.77. The van der Waals surface area contributed by atoms with Gasteiger partial charge < -0.3 is 10.6 Å². The third-order valence-corrected chi connectivity index (χ3v) is 5.77. The van der Waals surface area contributed by atoms with Crippen LogP contribution in [0.5, 0.6) is 0 Å². The van der Waals surface area contributed by atoms with Crippen LogP contribution in [0.25, 0.3) is 0 Å². The van der Waals surface area contributed by atoms with Gasteiger partial charge in [-0.1, -0.05) is 32.9 Å². The van der Waals surface area contributed by atoms with E-state index in [0.717, 1.165) is 6.07 Å². The van der Waals surface area contributed by atoms with Crippen molar-refractivity contribution in [2.24, 2.45) is 17.8 Å². The minimum absolute atomic E-state index is 0.166. The largest absolute Gasteiger partial charge is 0.346 e. The Kier molecular flexibility index (Phi) is 8.00. The van der Waals surface area contributed by atoms with Gasteiger partial charge in [0.05, 0.1) is 24.4 Å². The molecule has 4 amide bonds. The second-order valence-corrected chi connectivity index (χ2v) is 8.67. The Labute approximate surface area is 201 Å². The van der Waals surface area contributed by atoms with Crippen molar-refractivity contribution < 1.29 is 28.4 Å². The summed E-state index contributed by atoms with van der Waals surface area (Å²) >= 11 is 0. The summed E-state index contributed by atoms with van der Waals surface area (Å²) in [6.07, 6.45) is 2.73. The van der Waals surface area contributed by atoms with Gasteiger partial charge in [-0.05, 0) is 29.7 Å². The number of nitrogens with zero attached hydrogens (tertiary/aromatic N) is 2. The normalized spacial score (nSPS) is 19.1. The molecule has 184 valence electrons. The van der Waals surface area contributed by atoms with Crippen LogP contribution in [0.4, 0.5) is 4.39 Å². The number of imide groups is 1. The van der Waals surface area contributed by atoms with Gasteiger partial charge in [-0.15, -0.1) is 0 Å². The molecule has 1 aliphatic heterocycles. The number of hydrogen-bond donors (Lipinski definition) is 3. The van der Waals surface area contributed by atoms with Crippen molar-refractivity contribution in [1.82, 2.24) is 25.9 Å². The highest BCUT2D eigenvalue weighted by atomic mass is 19.1. The van der Waals surface area contributed by atoms with E-state index in [1.54, 1.807) is 26.0 Å². The third kappa shape index (κ3) is 6.11. The lowest BCUT2D eigenvalue weighted by Crippen LogP contribution is -2.49. The number of Topliss-reactive ketones (excluding diaryl/α,β-unsaturated/α-hetero) is 1. The van der Waals surface area contributed by atoms with Crippen LogP contribution in [0.15, 0.2) is 42.7 Å². The second kappa shape index (κ2) is 10.9. The van der Waals surface area contributed by atoms with Crippen molar-refractivity contribution in [1.29, 1.82) is 0 Å². The summed E-state index contributed by atoms with van der Waals surface area (Å²) in [7, 11) is 0. The maximum absolute atomic E-state index is 13.5. The topological polar surface area (TPSA) is 147 Å². The molecule has 4 atom stereocenters. The molecule has 0 saturated carbocycles. The Bertz CT molecular complexity index is 1140. The minimum Gasteiger partial charge on any atom is -0.346 e. The van der Waals surface area contributed by atoms with Crippen molar-refractivity contribution >= 4 is 29.4 Å². The molecule has 0 aromatic carbocycles. The van der Waals surface area contributed by atoms with E-state index in [2.05, 4.69) is 25.9 Å². The maximum Gasteiger partial charge on any atom is 0.270 e. The minimum atomic E-state index is -1.19. The molecule has 3 heterocycles. The molecule has 0 spiro atoms. The molecule has 1 fully saturated rings. The van der Waals surface area contributed by atoms with Gasteiger partial charge in [0.1, 0.15) is 11.6 Å². The zero-order chi connectivity index (χ0) is 25.7. The van der Waals surface area contributed by atoms with E-state index in [-0.39, 0.29) is 18.0 Å². The first-order valence-corrected chi connectivity index (χ1v) is 11.1. The van der Waals surface area contributed by atoms with Crippen molar-refractivity contribution in [3.63, 3.8) is 0 Å². The fourth-order valence-corrected chi connectivity index (χ4v) is 3.85. The first-order chi connectivity index (χ1) is 16.6. The number of carbonyl (C=O) groups excluding carboxylic acids is 5. The van der Waals surface area contributed by atoms with Crippen molar-refractivity contribution in [3.8, 4) is 0 Å². The number of hydrogen-bond acceptors (Lipinski definition) is 7. The Morgan fingerprint density at radius 3 is 2.40 bits per heavy atom. The Morgan fingerprint density at radius 1 is 1.09 bits per heavy atom. The van der Waals surface area contributed by atoms with Crippen molar-refractivity contribution in [2.75, 3.05) is 0 Å². The van der Waals surface area contributed by atoms with Gasteiger partial charge in [0.25, 0.3) is 5.91 Å². The molecular weight excluding hydrogens is 457 g/mol. The van der Waals surface area contributed by atoms with E-state index in [1.807, 2.05) is 0 Å². The molecule has 2 aromatic rings. The van der Waals surface area contributed by atoms with E-state index < -0.39 is 59.3 Å². The molecule has 0 aliphatic carbocycles. The molecule has 1 unspecified atom stereocenters. The highest BCUT2D eigenvalue weighted by molar-refractivity contribution is 6.16. The first kappa shape index (κ1) is 25.6. The highest BCUT2D eigenvalue weighted by Crippen LogP contribution is 2.24. The van der Waals surface area contributed by atoms with E-state index in [1.165, 1.54) is 31.5 Å². The van der Waals surface area contributed by atoms with Gasteiger partial charge in [-0.3, -0.25) is 34.3 Å². The van der Waals surface area contributed by atoms with Crippen LogP contribution < -0.4 is 16.0 Å². The van der Waals surface area contributed by atoms with E-state index >= 15 is 0 Å². The number of amides is 4. The van der Waals surface area contributed by atoms with E-state index in [4.69, 9.17) is 0 Å². The lowest BCUT2D eigenvalue weighted by atomic mass is 9.85. The van der Waals surface area contributed by atoms with Crippen LogP contribution in [-0.2, 0) is 19.2 Å². The summed E-state index contributed by atoms with van der Waals surface area (Å²) in [4.78, 5) is 70.2. The molecule has 10 nitrogen and oxygen atoms in total. The zero-order valence-corrected chi connectivity index (χ0v) is 19.4. The number of ketones is 1. The van der Waals surface area contributed by atoms with E-state index in [0.29, 0.717) is 5.56 Å². The van der Waals surface area contributed by atoms with Crippen molar-refractivity contribution in [2.45, 2.75) is 39.3 Å². The summed E-state index contributed by atoms with van der Waals surface area (Å²) in [6, 6.07) is 5.18. The molecule has 1 saturated heterocycles. The molecular formula is C24H26FN5O5. The lowest BCUT2D eigenvalue weighted by Gasteiger charge is -2.26. The van der Waals surface area contributed by atoms with Crippen LogP contribution in [0.1, 0.15) is 49.3 Å². The standard InChI is InChI=1S/C24H26FN5O5/c1-12(2)20(21(32)19-13(3)22(33)30-24(19)35)29-18(31)10-16(14-6-5-9-26-11-14)28-23(34)15-7-4-8-17(25)27-15/h4-9,11-13,16,19-20H,10H2,1-3H3,(H,28,34)(H,29,31)(H,30,33,35)/t13-,16?,19+,20-/m0/s1. The second-order valence-electron chi connectivity index (χ2n) is 8.67.